The van der Waals surface area contributed by atoms with Gasteiger partial charge >= 0.3 is 5.97 Å². The van der Waals surface area contributed by atoms with Gasteiger partial charge in [0.05, 0.1) is 12.4 Å². The van der Waals surface area contributed by atoms with Crippen LogP contribution in [0.2, 0.25) is 0 Å². The molecule has 0 radical (unpaired) electrons. The summed E-state index contributed by atoms with van der Waals surface area (Å²) in [6.07, 6.45) is 7.03. The molecule has 1 aromatic rings. The highest BCUT2D eigenvalue weighted by Crippen LogP contribution is 2.08. The molecule has 4 atom stereocenters. The Morgan fingerprint density at radius 1 is 1.06 bits per heavy atom. The van der Waals surface area contributed by atoms with Gasteiger partial charge in [-0.1, -0.05) is 20.3 Å². The number of H-pyrrole nitrogens is 1. The third-order valence-electron chi connectivity index (χ3n) is 5.39. The number of aromatic nitrogens is 2. The zero-order chi connectivity index (χ0) is 26.4. The topological polar surface area (TPSA) is 205 Å². The second kappa shape index (κ2) is 16.1. The maximum Gasteiger partial charge on any atom is 0.326 e. The molecule has 1 aromatic heterocycles. The van der Waals surface area contributed by atoms with Gasteiger partial charge in [-0.2, -0.15) is 11.8 Å². The Kier molecular flexibility index (Phi) is 14.0. The molecular weight excluding hydrogens is 474 g/mol. The van der Waals surface area contributed by atoms with Gasteiger partial charge in [0, 0.05) is 18.3 Å². The van der Waals surface area contributed by atoms with Crippen LogP contribution in [0.4, 0.5) is 0 Å². The van der Waals surface area contributed by atoms with Crippen molar-refractivity contribution in [1.82, 2.24) is 25.9 Å². The standard InChI is InChI=1S/C22H39N7O5S/c1-13(2)18(21(32)28-17(22(33)34)10-14-11-25-12-26-14)29-20(31)16(7-9-35-3)27-19(30)15(24)6-4-5-8-23/h11-13,15-18H,4-10,23-24H2,1-3H3,(H,25,26)(H,27,30)(H,28,32)(H,29,31)(H,33,34). The van der Waals surface area contributed by atoms with Crippen molar-refractivity contribution in [2.75, 3.05) is 18.6 Å². The number of hydrogen-bond donors (Lipinski definition) is 7. The Hall–Kier alpha value is -2.64. The number of rotatable bonds is 17. The highest BCUT2D eigenvalue weighted by atomic mass is 32.2. The Bertz CT molecular complexity index is 806. The Morgan fingerprint density at radius 3 is 2.29 bits per heavy atom. The molecule has 3 amide bonds. The van der Waals surface area contributed by atoms with Crippen LogP contribution < -0.4 is 27.4 Å². The molecule has 9 N–H and O–H groups in total. The number of nitrogens with zero attached hydrogens (tertiary/aromatic N) is 1. The fourth-order valence-corrected chi connectivity index (χ4v) is 3.76. The molecule has 4 unspecified atom stereocenters. The molecule has 0 spiro atoms. The quantitative estimate of drug-likeness (QED) is 0.132. The number of thioether (sulfide) groups is 1. The molecule has 35 heavy (non-hydrogen) atoms. The van der Waals surface area contributed by atoms with Crippen molar-refractivity contribution in [2.24, 2.45) is 17.4 Å². The number of amides is 3. The van der Waals surface area contributed by atoms with Crippen molar-refractivity contribution in [2.45, 2.75) is 70.1 Å². The number of aromatic amines is 1. The Balaban J connectivity index is 2.86. The van der Waals surface area contributed by atoms with E-state index < -0.39 is 47.9 Å². The van der Waals surface area contributed by atoms with Crippen LogP contribution in [0, 0.1) is 5.92 Å². The maximum absolute atomic E-state index is 13.1. The van der Waals surface area contributed by atoms with Crippen molar-refractivity contribution >= 4 is 35.5 Å². The molecule has 0 aliphatic heterocycles. The molecule has 0 aliphatic carbocycles. The first-order chi connectivity index (χ1) is 16.6. The summed E-state index contributed by atoms with van der Waals surface area (Å²) in [7, 11) is 0. The number of imidazole rings is 1. The number of carbonyl (C=O) groups is 4. The molecule has 1 rings (SSSR count). The molecule has 0 saturated heterocycles. The highest BCUT2D eigenvalue weighted by molar-refractivity contribution is 7.98. The van der Waals surface area contributed by atoms with Crippen LogP contribution in [0.5, 0.6) is 0 Å². The zero-order valence-electron chi connectivity index (χ0n) is 20.6. The zero-order valence-corrected chi connectivity index (χ0v) is 21.4. The van der Waals surface area contributed by atoms with Gasteiger partial charge in [-0.05, 0) is 43.7 Å². The summed E-state index contributed by atoms with van der Waals surface area (Å²) in [6, 6.07) is -3.86. The molecule has 0 saturated carbocycles. The van der Waals surface area contributed by atoms with Crippen LogP contribution in [-0.4, -0.2) is 81.5 Å². The number of aliphatic carboxylic acids is 1. The smallest absolute Gasteiger partial charge is 0.326 e. The van der Waals surface area contributed by atoms with Gasteiger partial charge in [0.2, 0.25) is 17.7 Å². The summed E-state index contributed by atoms with van der Waals surface area (Å²) in [4.78, 5) is 56.9. The summed E-state index contributed by atoms with van der Waals surface area (Å²) in [5, 5.41) is 17.4. The van der Waals surface area contributed by atoms with Crippen LogP contribution in [0.15, 0.2) is 12.5 Å². The molecule has 0 aromatic carbocycles. The largest absolute Gasteiger partial charge is 0.480 e. The number of carbonyl (C=O) groups excluding carboxylic acids is 3. The first kappa shape index (κ1) is 30.4. The molecule has 0 fully saturated rings. The van der Waals surface area contributed by atoms with E-state index in [1.54, 1.807) is 13.8 Å². The SMILES string of the molecule is CSCCC(NC(=O)C(N)CCCCN)C(=O)NC(C(=O)NC(Cc1cnc[nH]1)C(=O)O)C(C)C. The molecule has 12 nitrogen and oxygen atoms in total. The number of nitrogens with two attached hydrogens (primary N) is 2. The third kappa shape index (κ3) is 11.1. The predicted molar refractivity (Wildman–Crippen MR) is 134 cm³/mol. The fraction of sp³-hybridized carbons (Fsp3) is 0.682. The summed E-state index contributed by atoms with van der Waals surface area (Å²) in [6.45, 7) is 3.98. The van der Waals surface area contributed by atoms with E-state index in [1.807, 2.05) is 6.26 Å². The average Bonchev–Trinajstić information content (AvgIpc) is 3.32. The van der Waals surface area contributed by atoms with E-state index in [0.29, 0.717) is 37.3 Å². The van der Waals surface area contributed by atoms with Gasteiger partial charge in [0.25, 0.3) is 0 Å². The van der Waals surface area contributed by atoms with E-state index in [1.165, 1.54) is 24.3 Å². The minimum absolute atomic E-state index is 0.00822. The lowest BCUT2D eigenvalue weighted by atomic mass is 10.0. The van der Waals surface area contributed by atoms with E-state index in [2.05, 4.69) is 25.9 Å². The molecule has 198 valence electrons. The Morgan fingerprint density at radius 2 is 1.74 bits per heavy atom. The van der Waals surface area contributed by atoms with Crippen LogP contribution in [0.3, 0.4) is 0 Å². The van der Waals surface area contributed by atoms with Crippen molar-refractivity contribution in [3.63, 3.8) is 0 Å². The van der Waals surface area contributed by atoms with Crippen LogP contribution in [0.25, 0.3) is 0 Å². The number of carboxylic acid groups (broad SMARTS) is 1. The number of hydrogen-bond acceptors (Lipinski definition) is 8. The monoisotopic (exact) mass is 513 g/mol. The minimum Gasteiger partial charge on any atom is -0.480 e. The number of nitrogens with one attached hydrogen (secondary N) is 4. The van der Waals surface area contributed by atoms with Gasteiger partial charge in [-0.25, -0.2) is 9.78 Å². The predicted octanol–water partition coefficient (Wildman–Crippen LogP) is -0.643. The lowest BCUT2D eigenvalue weighted by Crippen LogP contribution is -2.58. The van der Waals surface area contributed by atoms with Crippen LogP contribution in [0.1, 0.15) is 45.2 Å². The molecule has 13 heteroatoms. The summed E-state index contributed by atoms with van der Waals surface area (Å²) < 4.78 is 0. The fourth-order valence-electron chi connectivity index (χ4n) is 3.29. The number of unbranched alkanes of at least 4 members (excludes halogenated alkanes) is 1. The van der Waals surface area contributed by atoms with Crippen molar-refractivity contribution < 1.29 is 24.3 Å². The normalized spacial score (nSPS) is 14.6. The summed E-state index contributed by atoms with van der Waals surface area (Å²) in [5.74, 6) is -2.56. The van der Waals surface area contributed by atoms with Crippen molar-refractivity contribution in [3.05, 3.63) is 18.2 Å². The minimum atomic E-state index is -1.21. The van der Waals surface area contributed by atoms with Crippen molar-refractivity contribution in [3.8, 4) is 0 Å². The van der Waals surface area contributed by atoms with Gasteiger partial charge in [-0.3, -0.25) is 14.4 Å². The second-order valence-corrected chi connectivity index (χ2v) is 9.63. The van der Waals surface area contributed by atoms with E-state index in [9.17, 15) is 24.3 Å². The number of carboxylic acids is 1. The van der Waals surface area contributed by atoms with E-state index in [4.69, 9.17) is 11.5 Å². The molecular formula is C22H39N7O5S. The van der Waals surface area contributed by atoms with Gasteiger partial charge < -0.3 is 37.5 Å². The maximum atomic E-state index is 13.1. The van der Waals surface area contributed by atoms with Gasteiger partial charge in [-0.15, -0.1) is 0 Å². The molecule has 0 bridgehead atoms. The second-order valence-electron chi connectivity index (χ2n) is 8.64. The van der Waals surface area contributed by atoms with E-state index >= 15 is 0 Å². The first-order valence-electron chi connectivity index (χ1n) is 11.7. The highest BCUT2D eigenvalue weighted by Gasteiger charge is 2.32. The van der Waals surface area contributed by atoms with Gasteiger partial charge in [0.1, 0.15) is 18.1 Å². The van der Waals surface area contributed by atoms with E-state index in [-0.39, 0.29) is 12.3 Å². The van der Waals surface area contributed by atoms with E-state index in [0.717, 1.165) is 6.42 Å². The average molecular weight is 514 g/mol. The summed E-state index contributed by atoms with van der Waals surface area (Å²) >= 11 is 1.52. The lowest BCUT2D eigenvalue weighted by molar-refractivity contribution is -0.142. The van der Waals surface area contributed by atoms with Crippen molar-refractivity contribution in [1.29, 1.82) is 0 Å². The van der Waals surface area contributed by atoms with Crippen LogP contribution in [-0.2, 0) is 25.6 Å². The van der Waals surface area contributed by atoms with Crippen LogP contribution >= 0.6 is 11.8 Å². The molecule has 1 heterocycles. The Labute approximate surface area is 210 Å². The van der Waals surface area contributed by atoms with Gasteiger partial charge in [0.15, 0.2) is 0 Å². The first-order valence-corrected chi connectivity index (χ1v) is 13.1. The lowest BCUT2D eigenvalue weighted by Gasteiger charge is -2.27. The molecule has 0 aliphatic rings. The third-order valence-corrected chi connectivity index (χ3v) is 6.03. The summed E-state index contributed by atoms with van der Waals surface area (Å²) in [5.41, 5.74) is 12.0.